The zero-order valence-corrected chi connectivity index (χ0v) is 21.1. The number of hydrogen-bond acceptors (Lipinski definition) is 1. The van der Waals surface area contributed by atoms with E-state index in [1.807, 2.05) is 36.4 Å². The van der Waals surface area contributed by atoms with Gasteiger partial charge in [0.25, 0.3) is 0 Å². The third kappa shape index (κ3) is 8.85. The van der Waals surface area contributed by atoms with Crippen LogP contribution in [0.15, 0.2) is 42.5 Å². The molecular formula is C28H43O3P. The van der Waals surface area contributed by atoms with Crippen molar-refractivity contribution in [3.63, 3.8) is 0 Å². The Morgan fingerprint density at radius 2 is 1.19 bits per heavy atom. The molecule has 0 aliphatic rings. The van der Waals surface area contributed by atoms with Crippen molar-refractivity contribution in [3.8, 4) is 11.1 Å². The van der Waals surface area contributed by atoms with Gasteiger partial charge in [-0.2, -0.15) is 0 Å². The maximum Gasteiger partial charge on any atom is 0.356 e. The second kappa shape index (κ2) is 14.7. The predicted molar refractivity (Wildman–Crippen MR) is 138 cm³/mol. The molecule has 178 valence electrons. The summed E-state index contributed by atoms with van der Waals surface area (Å²) < 4.78 is 12.4. The van der Waals surface area contributed by atoms with Crippen LogP contribution in [0.2, 0.25) is 0 Å². The van der Waals surface area contributed by atoms with Gasteiger partial charge in [-0.15, -0.1) is 0 Å². The molecule has 0 fully saturated rings. The molecule has 0 radical (unpaired) electrons. The van der Waals surface area contributed by atoms with Crippen LogP contribution in [-0.2, 0) is 17.4 Å². The summed E-state index contributed by atoms with van der Waals surface area (Å²) in [6.45, 7) is 4.47. The minimum absolute atomic E-state index is 0.177. The van der Waals surface area contributed by atoms with Crippen molar-refractivity contribution in [1.29, 1.82) is 0 Å². The van der Waals surface area contributed by atoms with E-state index in [0.29, 0.717) is 0 Å². The molecule has 2 aromatic carbocycles. The summed E-state index contributed by atoms with van der Waals surface area (Å²) in [5.41, 5.74) is 4.11. The van der Waals surface area contributed by atoms with Gasteiger partial charge in [-0.3, -0.25) is 4.57 Å². The normalized spacial score (nSPS) is 11.8. The highest BCUT2D eigenvalue weighted by Crippen LogP contribution is 2.41. The summed E-state index contributed by atoms with van der Waals surface area (Å²) in [6, 6.07) is 13.5. The predicted octanol–water partition coefficient (Wildman–Crippen LogP) is 7.96. The van der Waals surface area contributed by atoms with E-state index in [-0.39, 0.29) is 5.30 Å². The molecule has 32 heavy (non-hydrogen) atoms. The number of benzene rings is 2. The highest BCUT2D eigenvalue weighted by Gasteiger charge is 2.25. The lowest BCUT2D eigenvalue weighted by molar-refractivity contribution is 0.387. The number of unbranched alkanes of at least 4 members (excludes halogenated alkanes) is 10. The molecule has 4 heteroatoms. The molecule has 2 rings (SSSR count). The van der Waals surface area contributed by atoms with Gasteiger partial charge in [-0.1, -0.05) is 114 Å². The van der Waals surface area contributed by atoms with Crippen LogP contribution in [0.1, 0.15) is 102 Å². The van der Waals surface area contributed by atoms with E-state index in [0.717, 1.165) is 42.4 Å². The van der Waals surface area contributed by atoms with Gasteiger partial charge in [0, 0.05) is 5.56 Å². The van der Waals surface area contributed by atoms with Gasteiger partial charge in [-0.25, -0.2) is 0 Å². The quantitative estimate of drug-likeness (QED) is 0.198. The van der Waals surface area contributed by atoms with Gasteiger partial charge >= 0.3 is 7.60 Å². The Morgan fingerprint density at radius 3 is 1.75 bits per heavy atom. The highest BCUT2D eigenvalue weighted by molar-refractivity contribution is 7.60. The molecule has 3 nitrogen and oxygen atoms in total. The van der Waals surface area contributed by atoms with Crippen LogP contribution in [0.5, 0.6) is 0 Å². The molecule has 2 aromatic rings. The monoisotopic (exact) mass is 458 g/mol. The summed E-state index contributed by atoms with van der Waals surface area (Å²) >= 11 is 0. The lowest BCUT2D eigenvalue weighted by Crippen LogP contribution is -2.13. The van der Waals surface area contributed by atoms with E-state index in [9.17, 15) is 14.4 Å². The zero-order chi connectivity index (χ0) is 23.2. The van der Waals surface area contributed by atoms with Crippen LogP contribution >= 0.6 is 7.60 Å². The van der Waals surface area contributed by atoms with Crippen LogP contribution < -0.4 is 5.30 Å². The Morgan fingerprint density at radius 1 is 0.656 bits per heavy atom. The second-order valence-corrected chi connectivity index (χ2v) is 10.6. The van der Waals surface area contributed by atoms with Gasteiger partial charge in [0.15, 0.2) is 0 Å². The fourth-order valence-corrected chi connectivity index (χ4v) is 5.37. The van der Waals surface area contributed by atoms with Gasteiger partial charge in [0.05, 0.1) is 5.30 Å². The van der Waals surface area contributed by atoms with Crippen molar-refractivity contribution < 1.29 is 14.4 Å². The lowest BCUT2D eigenvalue weighted by atomic mass is 9.89. The largest absolute Gasteiger partial charge is 0.356 e. The molecule has 0 heterocycles. The van der Waals surface area contributed by atoms with E-state index < -0.39 is 7.60 Å². The van der Waals surface area contributed by atoms with Crippen molar-refractivity contribution in [2.45, 2.75) is 104 Å². The zero-order valence-electron chi connectivity index (χ0n) is 20.2. The first kappa shape index (κ1) is 26.8. The standard InChI is InChI=1S/C28H43O3P/c1-3-5-7-9-11-14-18-24-22-23-27(32(29,30)31)28(25-19-15-13-16-20-25)26(24)21-17-12-10-8-6-4-2/h13,15-16,19-20,22-23H,3-12,14,17-18,21H2,1-2H3,(H2,29,30,31). The van der Waals surface area contributed by atoms with E-state index in [4.69, 9.17) is 0 Å². The maximum atomic E-state index is 12.4. The van der Waals surface area contributed by atoms with E-state index in [1.54, 1.807) is 6.07 Å². The van der Waals surface area contributed by atoms with Crippen LogP contribution in [0, 0.1) is 0 Å². The summed E-state index contributed by atoms with van der Waals surface area (Å²) in [7, 11) is -4.37. The first-order valence-electron chi connectivity index (χ1n) is 12.7. The molecule has 0 saturated heterocycles. The minimum atomic E-state index is -4.37. The molecule has 0 amide bonds. The molecule has 0 aliphatic carbocycles. The number of aryl methyl sites for hydroxylation is 1. The van der Waals surface area contributed by atoms with Crippen LogP contribution in [0.25, 0.3) is 11.1 Å². The fourth-order valence-electron chi connectivity index (χ4n) is 4.55. The molecular weight excluding hydrogens is 415 g/mol. The first-order valence-corrected chi connectivity index (χ1v) is 14.4. The average molecular weight is 459 g/mol. The SMILES string of the molecule is CCCCCCCCc1ccc(P(=O)(O)O)c(-c2ccccc2)c1CCCCCCCC. The van der Waals surface area contributed by atoms with Crippen molar-refractivity contribution in [1.82, 2.24) is 0 Å². The molecule has 0 bridgehead atoms. The van der Waals surface area contributed by atoms with Crippen molar-refractivity contribution in [2.24, 2.45) is 0 Å². The summed E-state index contributed by atoms with van der Waals surface area (Å²) in [6.07, 6.45) is 16.6. The van der Waals surface area contributed by atoms with Gasteiger partial charge < -0.3 is 9.79 Å². The fraction of sp³-hybridized carbons (Fsp3) is 0.571. The van der Waals surface area contributed by atoms with Crippen molar-refractivity contribution in [3.05, 3.63) is 53.6 Å². The Hall–Kier alpha value is -1.41. The average Bonchev–Trinajstić information content (AvgIpc) is 2.78. The van der Waals surface area contributed by atoms with Crippen LogP contribution in [0.4, 0.5) is 0 Å². The third-order valence-corrected chi connectivity index (χ3v) is 7.34. The molecule has 0 unspecified atom stereocenters. The molecule has 0 saturated carbocycles. The number of hydrogen-bond donors (Lipinski definition) is 2. The molecule has 0 spiro atoms. The molecule has 2 N–H and O–H groups in total. The molecule has 0 aromatic heterocycles. The Bertz CT molecular complexity index is 826. The summed E-state index contributed by atoms with van der Waals surface area (Å²) in [4.78, 5) is 20.2. The summed E-state index contributed by atoms with van der Waals surface area (Å²) in [5.74, 6) is 0. The van der Waals surface area contributed by atoms with E-state index in [1.165, 1.54) is 69.8 Å². The van der Waals surface area contributed by atoms with Crippen LogP contribution in [-0.4, -0.2) is 9.79 Å². The number of rotatable bonds is 16. The smallest absolute Gasteiger partial charge is 0.321 e. The maximum absolute atomic E-state index is 12.4. The topological polar surface area (TPSA) is 57.5 Å². The lowest BCUT2D eigenvalue weighted by Gasteiger charge is -2.20. The van der Waals surface area contributed by atoms with Crippen molar-refractivity contribution >= 4 is 12.9 Å². The van der Waals surface area contributed by atoms with Gasteiger partial charge in [-0.05, 0) is 48.4 Å². The molecule has 0 aliphatic heterocycles. The van der Waals surface area contributed by atoms with Gasteiger partial charge in [0.1, 0.15) is 0 Å². The van der Waals surface area contributed by atoms with Crippen molar-refractivity contribution in [2.75, 3.05) is 0 Å². The minimum Gasteiger partial charge on any atom is -0.321 e. The Balaban J connectivity index is 2.29. The molecule has 0 atom stereocenters. The first-order chi connectivity index (χ1) is 15.5. The third-order valence-electron chi connectivity index (χ3n) is 6.34. The van der Waals surface area contributed by atoms with E-state index >= 15 is 0 Å². The van der Waals surface area contributed by atoms with Gasteiger partial charge in [0.2, 0.25) is 0 Å². The summed E-state index contributed by atoms with van der Waals surface area (Å²) in [5, 5.41) is 0.177. The second-order valence-electron chi connectivity index (χ2n) is 9.04. The Kier molecular flexibility index (Phi) is 12.3. The highest BCUT2D eigenvalue weighted by atomic mass is 31.2. The van der Waals surface area contributed by atoms with E-state index in [2.05, 4.69) is 13.8 Å². The Labute approximate surface area is 195 Å². The van der Waals surface area contributed by atoms with Crippen LogP contribution in [0.3, 0.4) is 0 Å².